The van der Waals surface area contributed by atoms with Crippen LogP contribution in [-0.2, 0) is 4.74 Å². The van der Waals surface area contributed by atoms with Crippen LogP contribution in [0.25, 0.3) is 0 Å². The van der Waals surface area contributed by atoms with E-state index in [4.69, 9.17) is 9.84 Å². The molecule has 4 heteroatoms. The molecule has 0 saturated carbocycles. The second kappa shape index (κ2) is 11.3. The Balaban J connectivity index is 2.98. The highest BCUT2D eigenvalue weighted by atomic mass is 32.2. The van der Waals surface area contributed by atoms with E-state index in [1.807, 2.05) is 11.8 Å². The van der Waals surface area contributed by atoms with Gasteiger partial charge in [-0.05, 0) is 24.6 Å². The van der Waals surface area contributed by atoms with Crippen LogP contribution in [0.15, 0.2) is 0 Å². The van der Waals surface area contributed by atoms with Gasteiger partial charge in [0, 0.05) is 32.6 Å². The minimum absolute atomic E-state index is 0.311. The van der Waals surface area contributed by atoms with Gasteiger partial charge in [0.2, 0.25) is 0 Å². The number of nitrogens with one attached hydrogen (secondary N) is 1. The summed E-state index contributed by atoms with van der Waals surface area (Å²) in [7, 11) is 1.74. The molecule has 86 valence electrons. The average Bonchev–Trinajstić information content (AvgIpc) is 2.17. The van der Waals surface area contributed by atoms with E-state index in [-0.39, 0.29) is 0 Å². The summed E-state index contributed by atoms with van der Waals surface area (Å²) in [6, 6.07) is 0. The summed E-state index contributed by atoms with van der Waals surface area (Å²) in [5.74, 6) is 2.77. The molecule has 0 fully saturated rings. The van der Waals surface area contributed by atoms with Crippen LogP contribution in [0, 0.1) is 5.92 Å². The number of rotatable bonds is 10. The Morgan fingerprint density at radius 3 is 2.86 bits per heavy atom. The van der Waals surface area contributed by atoms with Crippen LogP contribution in [-0.4, -0.2) is 50.0 Å². The molecule has 2 N–H and O–H groups in total. The van der Waals surface area contributed by atoms with Crippen molar-refractivity contribution in [1.82, 2.24) is 5.32 Å². The summed E-state index contributed by atoms with van der Waals surface area (Å²) in [4.78, 5) is 0. The third-order valence-corrected chi connectivity index (χ3v) is 2.88. The Hall–Kier alpha value is 0.230. The molecule has 0 saturated heterocycles. The summed E-state index contributed by atoms with van der Waals surface area (Å²) in [5.41, 5.74) is 0. The standard InChI is InChI=1S/C10H23NO2S/c1-10(9-13-2)8-11-4-7-14-6-3-5-12/h10-12H,3-9H2,1-2H3. The van der Waals surface area contributed by atoms with Crippen molar-refractivity contribution in [3.8, 4) is 0 Å². The summed E-state index contributed by atoms with van der Waals surface area (Å²) in [6.07, 6.45) is 0.907. The highest BCUT2D eigenvalue weighted by Crippen LogP contribution is 2.00. The summed E-state index contributed by atoms with van der Waals surface area (Å²) < 4.78 is 5.04. The quantitative estimate of drug-likeness (QED) is 0.540. The monoisotopic (exact) mass is 221 g/mol. The Bertz CT molecular complexity index is 114. The number of aliphatic hydroxyl groups excluding tert-OH is 1. The number of methoxy groups -OCH3 is 1. The van der Waals surface area contributed by atoms with Crippen LogP contribution in [0.5, 0.6) is 0 Å². The van der Waals surface area contributed by atoms with Gasteiger partial charge in [-0.25, -0.2) is 0 Å². The number of thioether (sulfide) groups is 1. The van der Waals surface area contributed by atoms with Crippen molar-refractivity contribution in [2.75, 3.05) is 44.9 Å². The number of hydrogen-bond donors (Lipinski definition) is 2. The first-order valence-corrected chi connectivity index (χ1v) is 6.35. The number of ether oxygens (including phenoxy) is 1. The van der Waals surface area contributed by atoms with Gasteiger partial charge in [0.05, 0.1) is 0 Å². The molecule has 0 radical (unpaired) electrons. The first-order chi connectivity index (χ1) is 6.81. The molecule has 3 nitrogen and oxygen atoms in total. The van der Waals surface area contributed by atoms with Crippen LogP contribution in [0.4, 0.5) is 0 Å². The third-order valence-electron chi connectivity index (χ3n) is 1.81. The Morgan fingerprint density at radius 1 is 1.43 bits per heavy atom. The molecule has 0 aliphatic rings. The van der Waals surface area contributed by atoms with Crippen LogP contribution < -0.4 is 5.32 Å². The molecule has 1 atom stereocenters. The van der Waals surface area contributed by atoms with Gasteiger partial charge in [0.25, 0.3) is 0 Å². The maximum Gasteiger partial charge on any atom is 0.0499 e. The molecule has 0 aliphatic heterocycles. The largest absolute Gasteiger partial charge is 0.396 e. The Kier molecular flexibility index (Phi) is 11.5. The smallest absolute Gasteiger partial charge is 0.0499 e. The Labute approximate surface area is 91.6 Å². The molecule has 0 rings (SSSR count). The topological polar surface area (TPSA) is 41.5 Å². The molecule has 0 aromatic rings. The molecule has 0 heterocycles. The van der Waals surface area contributed by atoms with Crippen LogP contribution >= 0.6 is 11.8 Å². The van der Waals surface area contributed by atoms with Gasteiger partial charge < -0.3 is 15.2 Å². The molecule has 14 heavy (non-hydrogen) atoms. The molecule has 1 unspecified atom stereocenters. The number of hydrogen-bond acceptors (Lipinski definition) is 4. The van der Waals surface area contributed by atoms with Gasteiger partial charge in [0.15, 0.2) is 0 Å². The molecule has 0 spiro atoms. The summed E-state index contributed by atoms with van der Waals surface area (Å²) in [5, 5.41) is 11.9. The molecular weight excluding hydrogens is 198 g/mol. The summed E-state index contributed by atoms with van der Waals surface area (Å²) in [6.45, 7) is 5.38. The lowest BCUT2D eigenvalue weighted by molar-refractivity contribution is 0.159. The van der Waals surface area contributed by atoms with E-state index in [0.717, 1.165) is 37.6 Å². The van der Waals surface area contributed by atoms with E-state index in [2.05, 4.69) is 12.2 Å². The van der Waals surface area contributed by atoms with Crippen molar-refractivity contribution in [1.29, 1.82) is 0 Å². The van der Waals surface area contributed by atoms with Crippen LogP contribution in [0.1, 0.15) is 13.3 Å². The van der Waals surface area contributed by atoms with Gasteiger partial charge in [0.1, 0.15) is 0 Å². The molecule has 0 aromatic heterocycles. The van der Waals surface area contributed by atoms with Crippen molar-refractivity contribution < 1.29 is 9.84 Å². The van der Waals surface area contributed by atoms with E-state index in [1.54, 1.807) is 7.11 Å². The highest BCUT2D eigenvalue weighted by Gasteiger charge is 1.99. The fourth-order valence-electron chi connectivity index (χ4n) is 1.10. The lowest BCUT2D eigenvalue weighted by Gasteiger charge is -2.10. The predicted octanol–water partition coefficient (Wildman–Crippen LogP) is 0.974. The first kappa shape index (κ1) is 14.2. The van der Waals surface area contributed by atoms with E-state index < -0.39 is 0 Å². The first-order valence-electron chi connectivity index (χ1n) is 5.19. The third kappa shape index (κ3) is 10.3. The normalized spacial score (nSPS) is 13.1. The van der Waals surface area contributed by atoms with Gasteiger partial charge >= 0.3 is 0 Å². The van der Waals surface area contributed by atoms with Crippen molar-refractivity contribution >= 4 is 11.8 Å². The van der Waals surface area contributed by atoms with Gasteiger partial charge in [-0.2, -0.15) is 11.8 Å². The van der Waals surface area contributed by atoms with Crippen molar-refractivity contribution in [3.63, 3.8) is 0 Å². The highest BCUT2D eigenvalue weighted by molar-refractivity contribution is 7.99. The maximum atomic E-state index is 8.56. The van der Waals surface area contributed by atoms with Crippen molar-refractivity contribution in [2.45, 2.75) is 13.3 Å². The van der Waals surface area contributed by atoms with E-state index in [9.17, 15) is 0 Å². The van der Waals surface area contributed by atoms with Crippen LogP contribution in [0.3, 0.4) is 0 Å². The van der Waals surface area contributed by atoms with E-state index in [0.29, 0.717) is 12.5 Å². The fraction of sp³-hybridized carbons (Fsp3) is 1.00. The SMILES string of the molecule is COCC(C)CNCCSCCCO. The Morgan fingerprint density at radius 2 is 2.21 bits per heavy atom. The molecular formula is C10H23NO2S. The fourth-order valence-corrected chi connectivity index (χ4v) is 1.93. The zero-order valence-electron chi connectivity index (χ0n) is 9.29. The van der Waals surface area contributed by atoms with E-state index >= 15 is 0 Å². The predicted molar refractivity (Wildman–Crippen MR) is 62.9 cm³/mol. The molecule has 0 aromatic carbocycles. The van der Waals surface area contributed by atoms with Gasteiger partial charge in [-0.1, -0.05) is 6.92 Å². The average molecular weight is 221 g/mol. The minimum atomic E-state index is 0.311. The lowest BCUT2D eigenvalue weighted by atomic mass is 10.2. The minimum Gasteiger partial charge on any atom is -0.396 e. The van der Waals surface area contributed by atoms with E-state index in [1.165, 1.54) is 0 Å². The zero-order chi connectivity index (χ0) is 10.6. The summed E-state index contributed by atoms with van der Waals surface area (Å²) >= 11 is 1.89. The second-order valence-electron chi connectivity index (χ2n) is 3.45. The molecule has 0 amide bonds. The number of aliphatic hydroxyl groups is 1. The van der Waals surface area contributed by atoms with Crippen molar-refractivity contribution in [2.24, 2.45) is 5.92 Å². The van der Waals surface area contributed by atoms with Gasteiger partial charge in [-0.3, -0.25) is 0 Å². The molecule has 0 bridgehead atoms. The maximum absolute atomic E-state index is 8.56. The molecule has 0 aliphatic carbocycles. The van der Waals surface area contributed by atoms with Crippen LogP contribution in [0.2, 0.25) is 0 Å². The second-order valence-corrected chi connectivity index (χ2v) is 4.68. The van der Waals surface area contributed by atoms with Gasteiger partial charge in [-0.15, -0.1) is 0 Å². The lowest BCUT2D eigenvalue weighted by Crippen LogP contribution is -2.25. The van der Waals surface area contributed by atoms with Crippen molar-refractivity contribution in [3.05, 3.63) is 0 Å². The zero-order valence-corrected chi connectivity index (χ0v) is 10.1.